The fourth-order valence-corrected chi connectivity index (χ4v) is 2.39. The van der Waals surface area contributed by atoms with Crippen molar-refractivity contribution in [3.05, 3.63) is 33.4 Å². The number of aromatic amines is 1. The molecule has 0 saturated heterocycles. The molecule has 3 heteroatoms. The fourth-order valence-electron chi connectivity index (χ4n) is 1.82. The Balaban J connectivity index is 2.87. The van der Waals surface area contributed by atoms with E-state index in [2.05, 4.69) is 33.9 Å². The summed E-state index contributed by atoms with van der Waals surface area (Å²) >= 11 is 3.46. The van der Waals surface area contributed by atoms with Gasteiger partial charge < -0.3 is 10.1 Å². The zero-order chi connectivity index (χ0) is 10.3. The van der Waals surface area contributed by atoms with E-state index in [4.69, 9.17) is 0 Å². The molecular weight excluding hydrogens is 242 g/mol. The van der Waals surface area contributed by atoms with E-state index in [0.29, 0.717) is 0 Å². The second kappa shape index (κ2) is 3.41. The van der Waals surface area contributed by atoms with E-state index in [1.165, 1.54) is 5.56 Å². The van der Waals surface area contributed by atoms with Crippen molar-refractivity contribution in [2.45, 2.75) is 20.5 Å². The average Bonchev–Trinajstić information content (AvgIpc) is 2.41. The molecule has 0 bridgehead atoms. The predicted molar refractivity (Wildman–Crippen MR) is 61.4 cm³/mol. The first-order valence-corrected chi connectivity index (χ1v) is 5.31. The van der Waals surface area contributed by atoms with Crippen molar-refractivity contribution in [2.75, 3.05) is 0 Å². The third-order valence-corrected chi connectivity index (χ3v) is 3.01. The van der Waals surface area contributed by atoms with Crippen LogP contribution in [0, 0.1) is 13.8 Å². The molecule has 74 valence electrons. The number of H-pyrrole nitrogens is 1. The van der Waals surface area contributed by atoms with Gasteiger partial charge in [0.2, 0.25) is 0 Å². The number of halogens is 1. The Kier molecular flexibility index (Phi) is 2.37. The maximum absolute atomic E-state index is 9.25. The van der Waals surface area contributed by atoms with Gasteiger partial charge in [-0.1, -0.05) is 15.9 Å². The Hall–Kier alpha value is -0.800. The summed E-state index contributed by atoms with van der Waals surface area (Å²) in [5, 5.41) is 10.4. The highest BCUT2D eigenvalue weighted by Crippen LogP contribution is 2.28. The Morgan fingerprint density at radius 3 is 2.71 bits per heavy atom. The fraction of sp³-hybridized carbons (Fsp3) is 0.273. The lowest BCUT2D eigenvalue weighted by Crippen LogP contribution is -1.83. The minimum Gasteiger partial charge on any atom is -0.392 e. The summed E-state index contributed by atoms with van der Waals surface area (Å²) in [5.74, 6) is 0. The van der Waals surface area contributed by atoms with Crippen LogP contribution in [0.3, 0.4) is 0 Å². The normalized spacial score (nSPS) is 11.1. The van der Waals surface area contributed by atoms with Crippen molar-refractivity contribution in [3.8, 4) is 0 Å². The van der Waals surface area contributed by atoms with Gasteiger partial charge in [-0.15, -0.1) is 0 Å². The molecule has 2 rings (SSSR count). The highest BCUT2D eigenvalue weighted by Gasteiger charge is 2.09. The number of fused-ring (bicyclic) bond motifs is 1. The summed E-state index contributed by atoms with van der Waals surface area (Å²) < 4.78 is 1.05. The molecule has 0 radical (unpaired) electrons. The van der Waals surface area contributed by atoms with Crippen LogP contribution in [0.5, 0.6) is 0 Å². The van der Waals surface area contributed by atoms with Gasteiger partial charge in [0.05, 0.1) is 6.61 Å². The molecular formula is C11H12BrNO. The topological polar surface area (TPSA) is 36.0 Å². The number of aliphatic hydroxyl groups is 1. The molecule has 0 aliphatic carbocycles. The third kappa shape index (κ3) is 1.37. The molecule has 0 aliphatic heterocycles. The number of aliphatic hydroxyl groups excluding tert-OH is 1. The Morgan fingerprint density at radius 2 is 2.07 bits per heavy atom. The van der Waals surface area contributed by atoms with Crippen LogP contribution in [0.15, 0.2) is 16.6 Å². The van der Waals surface area contributed by atoms with Gasteiger partial charge >= 0.3 is 0 Å². The molecule has 2 N–H and O–H groups in total. The van der Waals surface area contributed by atoms with Crippen LogP contribution in [0.1, 0.15) is 16.8 Å². The van der Waals surface area contributed by atoms with Crippen LogP contribution in [0.4, 0.5) is 0 Å². The van der Waals surface area contributed by atoms with Crippen molar-refractivity contribution < 1.29 is 5.11 Å². The van der Waals surface area contributed by atoms with Crippen LogP contribution >= 0.6 is 15.9 Å². The quantitative estimate of drug-likeness (QED) is 0.806. The van der Waals surface area contributed by atoms with Crippen LogP contribution < -0.4 is 0 Å². The zero-order valence-corrected chi connectivity index (χ0v) is 9.77. The maximum atomic E-state index is 9.25. The summed E-state index contributed by atoms with van der Waals surface area (Å²) in [4.78, 5) is 3.29. The van der Waals surface area contributed by atoms with Gasteiger partial charge in [0, 0.05) is 26.6 Å². The predicted octanol–water partition coefficient (Wildman–Crippen LogP) is 3.04. The molecule has 0 amide bonds. The summed E-state index contributed by atoms with van der Waals surface area (Å²) in [6, 6.07) is 4.11. The first-order valence-electron chi connectivity index (χ1n) is 4.51. The SMILES string of the molecule is Cc1[nH]c2c(C)cc(Br)cc2c1CO. The molecule has 0 saturated carbocycles. The first kappa shape index (κ1) is 9.74. The number of aryl methyl sites for hydroxylation is 2. The highest BCUT2D eigenvalue weighted by molar-refractivity contribution is 9.10. The lowest BCUT2D eigenvalue weighted by atomic mass is 10.1. The molecule has 1 heterocycles. The maximum Gasteiger partial charge on any atom is 0.0705 e. The minimum atomic E-state index is 0.0850. The average molecular weight is 254 g/mol. The van der Waals surface area contributed by atoms with Gasteiger partial charge in [0.25, 0.3) is 0 Å². The van der Waals surface area contributed by atoms with E-state index in [0.717, 1.165) is 26.6 Å². The third-order valence-electron chi connectivity index (χ3n) is 2.55. The molecule has 2 aromatic rings. The van der Waals surface area contributed by atoms with Crippen molar-refractivity contribution in [1.82, 2.24) is 4.98 Å². The Morgan fingerprint density at radius 1 is 1.36 bits per heavy atom. The zero-order valence-electron chi connectivity index (χ0n) is 8.19. The summed E-state index contributed by atoms with van der Waals surface area (Å²) in [5.41, 5.74) is 4.35. The number of rotatable bonds is 1. The molecule has 0 unspecified atom stereocenters. The molecule has 0 fully saturated rings. The molecule has 14 heavy (non-hydrogen) atoms. The molecule has 0 atom stereocenters. The van der Waals surface area contributed by atoms with E-state index < -0.39 is 0 Å². The van der Waals surface area contributed by atoms with Crippen LogP contribution in [-0.2, 0) is 6.61 Å². The summed E-state index contributed by atoms with van der Waals surface area (Å²) in [7, 11) is 0. The van der Waals surface area contributed by atoms with Gasteiger partial charge in [0.1, 0.15) is 0 Å². The number of nitrogens with one attached hydrogen (secondary N) is 1. The molecule has 0 aliphatic rings. The Bertz CT molecular complexity index is 487. The van der Waals surface area contributed by atoms with E-state index in [1.54, 1.807) is 0 Å². The van der Waals surface area contributed by atoms with Crippen molar-refractivity contribution in [1.29, 1.82) is 0 Å². The van der Waals surface area contributed by atoms with Gasteiger partial charge in [-0.2, -0.15) is 0 Å². The molecule has 2 nitrogen and oxygen atoms in total. The number of benzene rings is 1. The van der Waals surface area contributed by atoms with Crippen LogP contribution in [0.25, 0.3) is 10.9 Å². The molecule has 0 spiro atoms. The monoisotopic (exact) mass is 253 g/mol. The lowest BCUT2D eigenvalue weighted by molar-refractivity contribution is 0.282. The Labute approximate surface area is 91.1 Å². The van der Waals surface area contributed by atoms with Crippen molar-refractivity contribution in [3.63, 3.8) is 0 Å². The molecule has 1 aromatic carbocycles. The van der Waals surface area contributed by atoms with Gasteiger partial charge in [-0.3, -0.25) is 0 Å². The largest absolute Gasteiger partial charge is 0.392 e. The van der Waals surface area contributed by atoms with Crippen molar-refractivity contribution in [2.24, 2.45) is 0 Å². The lowest BCUT2D eigenvalue weighted by Gasteiger charge is -1.99. The second-order valence-corrected chi connectivity index (χ2v) is 4.45. The second-order valence-electron chi connectivity index (χ2n) is 3.53. The van der Waals surface area contributed by atoms with E-state index >= 15 is 0 Å². The number of aromatic nitrogens is 1. The van der Waals surface area contributed by atoms with Gasteiger partial charge in [-0.05, 0) is 31.5 Å². The van der Waals surface area contributed by atoms with Crippen LogP contribution in [-0.4, -0.2) is 10.1 Å². The smallest absolute Gasteiger partial charge is 0.0705 e. The number of hydrogen-bond acceptors (Lipinski definition) is 1. The van der Waals surface area contributed by atoms with Crippen molar-refractivity contribution >= 4 is 26.8 Å². The highest BCUT2D eigenvalue weighted by atomic mass is 79.9. The molecule has 1 aromatic heterocycles. The summed E-state index contributed by atoms with van der Waals surface area (Å²) in [6.45, 7) is 4.13. The van der Waals surface area contributed by atoms with Crippen LogP contribution in [0.2, 0.25) is 0 Å². The van der Waals surface area contributed by atoms with E-state index in [9.17, 15) is 5.11 Å². The first-order chi connectivity index (χ1) is 6.63. The van der Waals surface area contributed by atoms with Gasteiger partial charge in [0.15, 0.2) is 0 Å². The summed E-state index contributed by atoms with van der Waals surface area (Å²) in [6.07, 6.45) is 0. The van der Waals surface area contributed by atoms with Gasteiger partial charge in [-0.25, -0.2) is 0 Å². The number of hydrogen-bond donors (Lipinski definition) is 2. The standard InChI is InChI=1S/C11H12BrNO/c1-6-3-8(12)4-9-10(5-14)7(2)13-11(6)9/h3-4,13-14H,5H2,1-2H3. The van der Waals surface area contributed by atoms with E-state index in [1.807, 2.05) is 13.0 Å². The van der Waals surface area contributed by atoms with E-state index in [-0.39, 0.29) is 6.61 Å². The minimum absolute atomic E-state index is 0.0850.